The van der Waals surface area contributed by atoms with Crippen molar-refractivity contribution in [2.75, 3.05) is 18.5 Å². The fourth-order valence-electron chi connectivity index (χ4n) is 2.95. The summed E-state index contributed by atoms with van der Waals surface area (Å²) in [6.07, 6.45) is -2.52. The fourth-order valence-corrected chi connectivity index (χ4v) is 2.95. The molecule has 0 aliphatic carbocycles. The van der Waals surface area contributed by atoms with E-state index in [-0.39, 0.29) is 12.1 Å². The van der Waals surface area contributed by atoms with E-state index in [1.807, 2.05) is 20.9 Å². The Hall–Kier alpha value is -1.23. The van der Waals surface area contributed by atoms with Crippen LogP contribution < -0.4 is 10.2 Å². The topological polar surface area (TPSA) is 15.3 Å². The maximum Gasteiger partial charge on any atom is 0.416 e. The van der Waals surface area contributed by atoms with E-state index >= 15 is 0 Å². The molecule has 1 aliphatic heterocycles. The smallest absolute Gasteiger partial charge is 0.365 e. The first-order valence-electron chi connectivity index (χ1n) is 6.97. The molecule has 0 saturated carbocycles. The minimum absolute atomic E-state index is 0.196. The van der Waals surface area contributed by atoms with Crippen LogP contribution >= 0.6 is 0 Å². The van der Waals surface area contributed by atoms with Crippen molar-refractivity contribution in [2.24, 2.45) is 0 Å². The Balaban J connectivity index is 2.33. The summed E-state index contributed by atoms with van der Waals surface area (Å²) in [4.78, 5) is 2.13. The summed E-state index contributed by atoms with van der Waals surface area (Å²) >= 11 is 0. The average Bonchev–Trinajstić information content (AvgIpc) is 2.72. The van der Waals surface area contributed by atoms with Crippen molar-refractivity contribution >= 4 is 5.69 Å². The largest absolute Gasteiger partial charge is 0.416 e. The van der Waals surface area contributed by atoms with Crippen LogP contribution in [0.25, 0.3) is 0 Å². The van der Waals surface area contributed by atoms with Gasteiger partial charge in [-0.2, -0.15) is 13.2 Å². The molecule has 2 rings (SSSR count). The lowest BCUT2D eigenvalue weighted by Gasteiger charge is -2.32. The van der Waals surface area contributed by atoms with Gasteiger partial charge in [0.1, 0.15) is 0 Å². The molecular formula is C15H21F3N2. The zero-order valence-electron chi connectivity index (χ0n) is 12.1. The summed E-state index contributed by atoms with van der Waals surface area (Å²) in [6.45, 7) is 4.93. The number of anilines is 1. The quantitative estimate of drug-likeness (QED) is 0.912. The van der Waals surface area contributed by atoms with Crippen LogP contribution in [-0.4, -0.2) is 25.7 Å². The van der Waals surface area contributed by atoms with Crippen molar-refractivity contribution < 1.29 is 13.2 Å². The molecule has 0 bridgehead atoms. The highest BCUT2D eigenvalue weighted by molar-refractivity contribution is 5.62. The van der Waals surface area contributed by atoms with Gasteiger partial charge in [0.25, 0.3) is 0 Å². The van der Waals surface area contributed by atoms with Gasteiger partial charge >= 0.3 is 6.18 Å². The molecule has 1 aromatic carbocycles. The molecule has 1 N–H and O–H groups in total. The summed E-state index contributed by atoms with van der Waals surface area (Å²) < 4.78 is 38.6. The zero-order valence-corrected chi connectivity index (χ0v) is 12.1. The summed E-state index contributed by atoms with van der Waals surface area (Å²) in [6, 6.07) is 4.60. The zero-order chi connectivity index (χ0) is 14.9. The second-order valence-corrected chi connectivity index (χ2v) is 5.59. The van der Waals surface area contributed by atoms with E-state index in [0.29, 0.717) is 0 Å². The van der Waals surface area contributed by atoms with E-state index in [0.717, 1.165) is 30.6 Å². The van der Waals surface area contributed by atoms with E-state index in [4.69, 9.17) is 0 Å². The van der Waals surface area contributed by atoms with E-state index in [1.165, 1.54) is 12.1 Å². The predicted octanol–water partition coefficient (Wildman–Crippen LogP) is 3.45. The van der Waals surface area contributed by atoms with E-state index in [1.54, 1.807) is 6.07 Å². The number of nitrogens with one attached hydrogen (secondary N) is 1. The maximum atomic E-state index is 12.9. The number of fused-ring (bicyclic) bond motifs is 1. The van der Waals surface area contributed by atoms with Gasteiger partial charge in [0.05, 0.1) is 5.56 Å². The monoisotopic (exact) mass is 286 g/mol. The van der Waals surface area contributed by atoms with Crippen molar-refractivity contribution in [3.63, 3.8) is 0 Å². The molecule has 1 heterocycles. The summed E-state index contributed by atoms with van der Waals surface area (Å²) in [5.74, 6) is 0. The van der Waals surface area contributed by atoms with Gasteiger partial charge in [-0.1, -0.05) is 6.07 Å². The van der Waals surface area contributed by atoms with Gasteiger partial charge in [-0.05, 0) is 58.0 Å². The number of rotatable bonds is 4. The van der Waals surface area contributed by atoms with Crippen LogP contribution in [-0.2, 0) is 12.6 Å². The summed E-state index contributed by atoms with van der Waals surface area (Å²) in [5.41, 5.74) is 1.21. The SMILES string of the molecule is CNCCC1Cc2ccc(C(F)(F)F)cc2N1C(C)C. The number of benzene rings is 1. The third-order valence-corrected chi connectivity index (χ3v) is 3.82. The Bertz CT molecular complexity index is 469. The molecule has 20 heavy (non-hydrogen) atoms. The standard InChI is InChI=1S/C15H21F3N2/c1-10(2)20-13(6-7-19-3)8-11-4-5-12(9-14(11)20)15(16,17)18/h4-5,9-10,13,19H,6-8H2,1-3H3. The normalized spacial score (nSPS) is 18.8. The van der Waals surface area contributed by atoms with E-state index < -0.39 is 11.7 Å². The number of halogens is 3. The fraction of sp³-hybridized carbons (Fsp3) is 0.600. The van der Waals surface area contributed by atoms with Crippen molar-refractivity contribution in [3.05, 3.63) is 29.3 Å². The minimum Gasteiger partial charge on any atom is -0.365 e. The number of hydrogen-bond acceptors (Lipinski definition) is 2. The molecule has 0 saturated heterocycles. The highest BCUT2D eigenvalue weighted by Gasteiger charge is 2.35. The Morgan fingerprint density at radius 1 is 1.35 bits per heavy atom. The van der Waals surface area contributed by atoms with Crippen LogP contribution in [0.5, 0.6) is 0 Å². The Kier molecular flexibility index (Phi) is 4.28. The minimum atomic E-state index is -4.28. The highest BCUT2D eigenvalue weighted by atomic mass is 19.4. The van der Waals surface area contributed by atoms with Crippen LogP contribution in [0.2, 0.25) is 0 Å². The first-order chi connectivity index (χ1) is 9.34. The molecule has 1 aliphatic rings. The molecule has 2 nitrogen and oxygen atoms in total. The number of nitrogens with zero attached hydrogens (tertiary/aromatic N) is 1. The van der Waals surface area contributed by atoms with Crippen LogP contribution in [0.15, 0.2) is 18.2 Å². The number of hydrogen-bond donors (Lipinski definition) is 1. The molecule has 1 atom stereocenters. The highest BCUT2D eigenvalue weighted by Crippen LogP contribution is 2.39. The van der Waals surface area contributed by atoms with Gasteiger partial charge in [0, 0.05) is 17.8 Å². The van der Waals surface area contributed by atoms with Crippen molar-refractivity contribution in [1.29, 1.82) is 0 Å². The molecule has 5 heteroatoms. The van der Waals surface area contributed by atoms with Gasteiger partial charge in [0.15, 0.2) is 0 Å². The lowest BCUT2D eigenvalue weighted by atomic mass is 10.1. The van der Waals surface area contributed by atoms with Gasteiger partial charge < -0.3 is 10.2 Å². The van der Waals surface area contributed by atoms with Gasteiger partial charge in [-0.15, -0.1) is 0 Å². The van der Waals surface area contributed by atoms with E-state index in [9.17, 15) is 13.2 Å². The molecule has 1 aromatic rings. The molecule has 0 aromatic heterocycles. The second kappa shape index (κ2) is 5.64. The van der Waals surface area contributed by atoms with Crippen molar-refractivity contribution in [2.45, 2.75) is 44.9 Å². The average molecular weight is 286 g/mol. The molecule has 0 amide bonds. The number of alkyl halides is 3. The van der Waals surface area contributed by atoms with Crippen LogP contribution in [0.1, 0.15) is 31.4 Å². The van der Waals surface area contributed by atoms with Gasteiger partial charge in [0.2, 0.25) is 0 Å². The first kappa shape index (κ1) is 15.2. The van der Waals surface area contributed by atoms with Crippen molar-refractivity contribution in [3.8, 4) is 0 Å². The lowest BCUT2D eigenvalue weighted by Crippen LogP contribution is -2.39. The van der Waals surface area contributed by atoms with Gasteiger partial charge in [-0.3, -0.25) is 0 Å². The van der Waals surface area contributed by atoms with Crippen LogP contribution in [0.4, 0.5) is 18.9 Å². The Morgan fingerprint density at radius 3 is 2.60 bits per heavy atom. The molecule has 1 unspecified atom stereocenters. The van der Waals surface area contributed by atoms with Crippen LogP contribution in [0.3, 0.4) is 0 Å². The van der Waals surface area contributed by atoms with Crippen molar-refractivity contribution in [1.82, 2.24) is 5.32 Å². The van der Waals surface area contributed by atoms with E-state index in [2.05, 4.69) is 10.2 Å². The third kappa shape index (κ3) is 2.92. The molecule has 0 radical (unpaired) electrons. The Labute approximate surface area is 118 Å². The maximum absolute atomic E-state index is 12.9. The summed E-state index contributed by atoms with van der Waals surface area (Å²) in [7, 11) is 1.89. The molecule has 112 valence electrons. The molecular weight excluding hydrogens is 265 g/mol. The lowest BCUT2D eigenvalue weighted by molar-refractivity contribution is -0.137. The third-order valence-electron chi connectivity index (χ3n) is 3.82. The second-order valence-electron chi connectivity index (χ2n) is 5.59. The predicted molar refractivity (Wildman–Crippen MR) is 75.1 cm³/mol. The molecule has 0 spiro atoms. The molecule has 0 fully saturated rings. The van der Waals surface area contributed by atoms with Gasteiger partial charge in [-0.25, -0.2) is 0 Å². The Morgan fingerprint density at radius 2 is 2.05 bits per heavy atom. The summed E-state index contributed by atoms with van der Waals surface area (Å²) in [5, 5.41) is 3.11. The first-order valence-corrected chi connectivity index (χ1v) is 6.97. The van der Waals surface area contributed by atoms with Crippen LogP contribution in [0, 0.1) is 0 Å².